The van der Waals surface area contributed by atoms with E-state index in [9.17, 15) is 14.9 Å². The van der Waals surface area contributed by atoms with Gasteiger partial charge in [0.25, 0.3) is 11.6 Å². The van der Waals surface area contributed by atoms with Crippen LogP contribution in [0.4, 0.5) is 5.69 Å². The summed E-state index contributed by atoms with van der Waals surface area (Å²) in [6.45, 7) is 2.44. The van der Waals surface area contributed by atoms with Gasteiger partial charge in [-0.15, -0.1) is 0 Å². The summed E-state index contributed by atoms with van der Waals surface area (Å²) in [5, 5.41) is 12.0. The average Bonchev–Trinajstić information content (AvgIpc) is 2.67. The first-order chi connectivity index (χ1) is 9.52. The zero-order valence-electron chi connectivity index (χ0n) is 10.5. The van der Waals surface area contributed by atoms with Gasteiger partial charge >= 0.3 is 0 Å². The van der Waals surface area contributed by atoms with E-state index >= 15 is 0 Å². The summed E-state index contributed by atoms with van der Waals surface area (Å²) >= 11 is 6.27. The molecule has 0 bridgehead atoms. The third kappa shape index (κ3) is 3.03. The number of nitrogens with one attached hydrogen (secondary N) is 1. The van der Waals surface area contributed by atoms with Crippen molar-refractivity contribution in [3.05, 3.63) is 44.8 Å². The predicted octanol–water partition coefficient (Wildman–Crippen LogP) is 2.32. The Kier molecular flexibility index (Phi) is 4.48. The van der Waals surface area contributed by atoms with Gasteiger partial charge in [0.05, 0.1) is 9.83 Å². The highest BCUT2D eigenvalue weighted by molar-refractivity contribution is 8.26. The van der Waals surface area contributed by atoms with Crippen molar-refractivity contribution < 1.29 is 9.72 Å². The number of hydrogen-bond donors (Lipinski definition) is 1. The molecule has 1 saturated heterocycles. The number of rotatable bonds is 4. The zero-order chi connectivity index (χ0) is 14.7. The molecule has 1 aromatic carbocycles. The topological polar surface area (TPSA) is 75.5 Å². The second-order valence-electron chi connectivity index (χ2n) is 3.88. The minimum absolute atomic E-state index is 0.0130. The Bertz CT molecular complexity index is 616. The van der Waals surface area contributed by atoms with Gasteiger partial charge in [0.1, 0.15) is 0 Å². The molecular weight excluding hydrogens is 298 g/mol. The predicted molar refractivity (Wildman–Crippen MR) is 81.8 cm³/mol. The van der Waals surface area contributed by atoms with E-state index in [1.54, 1.807) is 18.2 Å². The number of nitrogens with zero attached hydrogens (tertiary/aromatic N) is 2. The fourth-order valence-electron chi connectivity index (χ4n) is 1.64. The van der Waals surface area contributed by atoms with Crippen LogP contribution in [0.1, 0.15) is 12.5 Å². The van der Waals surface area contributed by atoms with Crippen LogP contribution in [0.3, 0.4) is 0 Å². The van der Waals surface area contributed by atoms with Crippen LogP contribution in [0.25, 0.3) is 6.08 Å². The Morgan fingerprint density at radius 1 is 1.55 bits per heavy atom. The number of non-ortho nitro benzene ring substituents is 1. The van der Waals surface area contributed by atoms with Crippen LogP contribution in [0, 0.1) is 10.1 Å². The Morgan fingerprint density at radius 2 is 2.30 bits per heavy atom. The molecule has 6 nitrogen and oxygen atoms in total. The summed E-state index contributed by atoms with van der Waals surface area (Å²) in [6.07, 6.45) is 1.60. The molecule has 1 heterocycles. The Labute approximate surface area is 125 Å². The van der Waals surface area contributed by atoms with E-state index in [-0.39, 0.29) is 11.6 Å². The molecule has 1 N–H and O–H groups in total. The lowest BCUT2D eigenvalue weighted by molar-refractivity contribution is -0.384. The van der Waals surface area contributed by atoms with Crippen LogP contribution < -0.4 is 5.43 Å². The molecule has 0 atom stereocenters. The highest BCUT2D eigenvalue weighted by Crippen LogP contribution is 2.31. The SMILES string of the molecule is CCNN1C(=O)/C(=C\c2cccc([N+](=O)[O-])c2)SC1=S. The first-order valence-corrected chi connectivity index (χ1v) is 7.01. The molecule has 0 radical (unpaired) electrons. The van der Waals surface area contributed by atoms with Gasteiger partial charge in [-0.1, -0.05) is 43.0 Å². The first kappa shape index (κ1) is 14.6. The number of hydrogen-bond acceptors (Lipinski definition) is 6. The number of carbonyl (C=O) groups excluding carboxylic acids is 1. The van der Waals surface area contributed by atoms with Gasteiger partial charge in [-0.05, 0) is 11.6 Å². The number of hydrazine groups is 1. The fourth-order valence-corrected chi connectivity index (χ4v) is 2.86. The van der Waals surface area contributed by atoms with E-state index in [2.05, 4.69) is 5.43 Å². The van der Waals surface area contributed by atoms with Crippen LogP contribution >= 0.6 is 24.0 Å². The highest BCUT2D eigenvalue weighted by atomic mass is 32.2. The number of amides is 1. The van der Waals surface area contributed by atoms with E-state index in [1.807, 2.05) is 6.92 Å². The Balaban J connectivity index is 2.28. The van der Waals surface area contributed by atoms with Gasteiger partial charge in [-0.3, -0.25) is 14.9 Å². The van der Waals surface area contributed by atoms with E-state index in [4.69, 9.17) is 12.2 Å². The molecule has 0 aromatic heterocycles. The van der Waals surface area contributed by atoms with Crippen molar-refractivity contribution in [2.75, 3.05) is 6.54 Å². The van der Waals surface area contributed by atoms with Crippen LogP contribution in [0.2, 0.25) is 0 Å². The summed E-state index contributed by atoms with van der Waals surface area (Å²) in [7, 11) is 0. The van der Waals surface area contributed by atoms with Gasteiger partial charge in [0.15, 0.2) is 4.32 Å². The van der Waals surface area contributed by atoms with Crippen LogP contribution in [-0.4, -0.2) is 26.7 Å². The largest absolute Gasteiger partial charge is 0.280 e. The molecule has 8 heteroatoms. The maximum Gasteiger partial charge on any atom is 0.280 e. The lowest BCUT2D eigenvalue weighted by Crippen LogP contribution is -2.40. The van der Waals surface area contributed by atoms with Crippen molar-refractivity contribution in [2.24, 2.45) is 0 Å². The van der Waals surface area contributed by atoms with Gasteiger partial charge in [-0.2, -0.15) is 0 Å². The van der Waals surface area contributed by atoms with Gasteiger partial charge in [0, 0.05) is 18.7 Å². The molecule has 1 fully saturated rings. The van der Waals surface area contributed by atoms with Gasteiger partial charge in [-0.25, -0.2) is 10.4 Å². The summed E-state index contributed by atoms with van der Waals surface area (Å²) in [5.74, 6) is -0.242. The molecule has 104 valence electrons. The summed E-state index contributed by atoms with van der Waals surface area (Å²) in [4.78, 5) is 22.8. The Hall–Kier alpha value is -1.77. The zero-order valence-corrected chi connectivity index (χ0v) is 12.2. The minimum atomic E-state index is -0.471. The summed E-state index contributed by atoms with van der Waals surface area (Å²) < 4.78 is 0.425. The normalized spacial score (nSPS) is 17.1. The molecule has 1 amide bonds. The molecule has 2 rings (SSSR count). The number of benzene rings is 1. The van der Waals surface area contributed by atoms with Crippen molar-refractivity contribution in [1.82, 2.24) is 10.4 Å². The molecule has 20 heavy (non-hydrogen) atoms. The number of nitro groups is 1. The number of thiocarbonyl (C=S) groups is 1. The van der Waals surface area contributed by atoms with Crippen molar-refractivity contribution in [3.8, 4) is 0 Å². The maximum absolute atomic E-state index is 12.1. The standard InChI is InChI=1S/C12H11N3O3S2/c1-2-13-14-11(16)10(20-12(14)19)7-8-4-3-5-9(6-8)15(17)18/h3-7,13H,2H2,1H3/b10-7+. The second kappa shape index (κ2) is 6.12. The van der Waals surface area contributed by atoms with E-state index in [0.29, 0.717) is 21.3 Å². The van der Waals surface area contributed by atoms with Crippen molar-refractivity contribution >= 4 is 46.0 Å². The Morgan fingerprint density at radius 3 is 2.95 bits per heavy atom. The van der Waals surface area contributed by atoms with Crippen molar-refractivity contribution in [3.63, 3.8) is 0 Å². The number of thioether (sulfide) groups is 1. The molecule has 0 aliphatic carbocycles. The van der Waals surface area contributed by atoms with Crippen molar-refractivity contribution in [2.45, 2.75) is 6.92 Å². The lowest BCUT2D eigenvalue weighted by Gasteiger charge is -2.13. The molecule has 0 unspecified atom stereocenters. The summed E-state index contributed by atoms with van der Waals surface area (Å²) in [5.41, 5.74) is 3.44. The van der Waals surface area contributed by atoms with Crippen LogP contribution in [0.5, 0.6) is 0 Å². The molecule has 0 saturated carbocycles. The molecular formula is C12H11N3O3S2. The average molecular weight is 309 g/mol. The van der Waals surface area contributed by atoms with Gasteiger partial charge in [0.2, 0.25) is 0 Å². The van der Waals surface area contributed by atoms with Crippen molar-refractivity contribution in [1.29, 1.82) is 0 Å². The first-order valence-electron chi connectivity index (χ1n) is 5.79. The quantitative estimate of drug-likeness (QED) is 0.398. The van der Waals surface area contributed by atoms with E-state index in [1.165, 1.54) is 28.9 Å². The fraction of sp³-hybridized carbons (Fsp3) is 0.167. The van der Waals surface area contributed by atoms with Crippen LogP contribution in [0.15, 0.2) is 29.2 Å². The number of carbonyl (C=O) groups is 1. The lowest BCUT2D eigenvalue weighted by atomic mass is 10.2. The van der Waals surface area contributed by atoms with E-state index < -0.39 is 4.92 Å². The smallest absolute Gasteiger partial charge is 0.267 e. The molecule has 1 aliphatic heterocycles. The molecule has 0 spiro atoms. The van der Waals surface area contributed by atoms with Crippen LogP contribution in [-0.2, 0) is 4.79 Å². The monoisotopic (exact) mass is 309 g/mol. The highest BCUT2D eigenvalue weighted by Gasteiger charge is 2.31. The second-order valence-corrected chi connectivity index (χ2v) is 5.56. The van der Waals surface area contributed by atoms with Gasteiger partial charge < -0.3 is 0 Å². The van der Waals surface area contributed by atoms with E-state index in [0.717, 1.165) is 0 Å². The minimum Gasteiger partial charge on any atom is -0.267 e. The maximum atomic E-state index is 12.1. The third-order valence-electron chi connectivity index (χ3n) is 2.49. The number of nitro benzene ring substituents is 1. The molecule has 1 aromatic rings. The molecule has 1 aliphatic rings. The summed E-state index contributed by atoms with van der Waals surface area (Å²) in [6, 6.07) is 6.10. The third-order valence-corrected chi connectivity index (χ3v) is 3.79.